The van der Waals surface area contributed by atoms with Gasteiger partial charge in [-0.2, -0.15) is 4.99 Å². The molecule has 8 nitrogen and oxygen atoms in total. The lowest BCUT2D eigenvalue weighted by atomic mass is 10.1. The summed E-state index contributed by atoms with van der Waals surface area (Å²) in [5, 5.41) is 13.7. The maximum atomic E-state index is 12.5. The minimum absolute atomic E-state index is 0.0145. The van der Waals surface area contributed by atoms with Gasteiger partial charge in [-0.15, -0.1) is 11.3 Å². The summed E-state index contributed by atoms with van der Waals surface area (Å²) in [6.45, 7) is 0. The predicted octanol–water partition coefficient (Wildman–Crippen LogP) is 4.55. The number of thiazole rings is 1. The molecule has 140 valence electrons. The number of aromatic nitrogens is 1. The number of nitrogens with zero attached hydrogens (tertiary/aromatic N) is 4. The van der Waals surface area contributed by atoms with Gasteiger partial charge in [-0.25, -0.2) is 4.98 Å². The van der Waals surface area contributed by atoms with E-state index in [9.17, 15) is 14.9 Å². The fraction of sp³-hybridized carbons (Fsp3) is 0.0556. The first-order valence-corrected chi connectivity index (χ1v) is 9.71. The topological polar surface area (TPSA) is 102 Å². The second kappa shape index (κ2) is 7.41. The SMILES string of the molecule is CN1C(=O)/C(=C\c2ccc(-c3ccc([N+](=O)[O-])cc3)o2)S/C1=N/c1nccs1. The number of rotatable bonds is 4. The number of amidine groups is 1. The zero-order valence-corrected chi connectivity index (χ0v) is 16.1. The molecule has 1 fully saturated rings. The van der Waals surface area contributed by atoms with Crippen LogP contribution in [0.15, 0.2) is 62.3 Å². The van der Waals surface area contributed by atoms with Crippen molar-refractivity contribution in [3.05, 3.63) is 68.8 Å². The molecule has 0 saturated carbocycles. The molecule has 0 unspecified atom stereocenters. The van der Waals surface area contributed by atoms with Crippen LogP contribution in [-0.4, -0.2) is 32.9 Å². The Labute approximate surface area is 167 Å². The number of benzene rings is 1. The minimum Gasteiger partial charge on any atom is -0.457 e. The van der Waals surface area contributed by atoms with Crippen molar-refractivity contribution in [2.45, 2.75) is 0 Å². The molecule has 10 heteroatoms. The van der Waals surface area contributed by atoms with Crippen molar-refractivity contribution in [2.24, 2.45) is 4.99 Å². The van der Waals surface area contributed by atoms with Crippen LogP contribution < -0.4 is 0 Å². The van der Waals surface area contributed by atoms with Gasteiger partial charge in [-0.1, -0.05) is 0 Å². The number of likely N-dealkylation sites (N-methyl/N-ethyl adjacent to an activating group) is 1. The number of non-ortho nitro benzene ring substituents is 1. The molecule has 0 atom stereocenters. The van der Waals surface area contributed by atoms with Crippen LogP contribution in [0, 0.1) is 10.1 Å². The number of hydrogen-bond acceptors (Lipinski definition) is 8. The van der Waals surface area contributed by atoms with Gasteiger partial charge in [0.2, 0.25) is 5.13 Å². The molecule has 1 aromatic carbocycles. The first-order chi connectivity index (χ1) is 13.5. The highest BCUT2D eigenvalue weighted by Crippen LogP contribution is 2.34. The molecule has 1 aliphatic heterocycles. The molecule has 0 spiro atoms. The molecule has 0 aliphatic carbocycles. The van der Waals surface area contributed by atoms with Crippen LogP contribution in [0.2, 0.25) is 0 Å². The molecule has 3 aromatic rings. The monoisotopic (exact) mass is 412 g/mol. The van der Waals surface area contributed by atoms with Gasteiger partial charge in [0, 0.05) is 42.4 Å². The predicted molar refractivity (Wildman–Crippen MR) is 108 cm³/mol. The van der Waals surface area contributed by atoms with Crippen LogP contribution in [0.5, 0.6) is 0 Å². The van der Waals surface area contributed by atoms with E-state index < -0.39 is 4.92 Å². The second-order valence-corrected chi connectivity index (χ2v) is 7.57. The molecular formula is C18H12N4O4S2. The number of aliphatic imine (C=N–C) groups is 1. The van der Waals surface area contributed by atoms with Crippen molar-refractivity contribution in [1.82, 2.24) is 9.88 Å². The number of thioether (sulfide) groups is 1. The van der Waals surface area contributed by atoms with Crippen molar-refractivity contribution in [3.63, 3.8) is 0 Å². The van der Waals surface area contributed by atoms with Crippen LogP contribution in [-0.2, 0) is 4.79 Å². The average molecular weight is 412 g/mol. The zero-order valence-electron chi connectivity index (χ0n) is 14.4. The Morgan fingerprint density at radius 3 is 2.71 bits per heavy atom. The zero-order chi connectivity index (χ0) is 19.7. The molecule has 0 N–H and O–H groups in total. The Hall–Kier alpha value is -3.24. The van der Waals surface area contributed by atoms with Gasteiger partial charge < -0.3 is 4.42 Å². The number of hydrogen-bond donors (Lipinski definition) is 0. The Kier molecular flexibility index (Phi) is 4.80. The molecule has 4 rings (SSSR count). The van der Waals surface area contributed by atoms with E-state index in [1.165, 1.54) is 40.1 Å². The van der Waals surface area contributed by atoms with E-state index in [2.05, 4.69) is 9.98 Å². The summed E-state index contributed by atoms with van der Waals surface area (Å²) in [6, 6.07) is 9.58. The third kappa shape index (κ3) is 3.59. The number of carbonyl (C=O) groups excluding carboxylic acids is 1. The standard InChI is InChI=1S/C18H12N4O4S2/c1-21-16(23)15(28-18(21)20-17-19-8-9-27-17)10-13-6-7-14(26-13)11-2-4-12(5-3-11)22(24)25/h2-10H,1H3/b15-10+,20-18+. The summed E-state index contributed by atoms with van der Waals surface area (Å²) in [5.41, 5.74) is 0.726. The normalized spacial score (nSPS) is 17.0. The number of furan rings is 1. The highest BCUT2D eigenvalue weighted by molar-refractivity contribution is 8.18. The lowest BCUT2D eigenvalue weighted by Crippen LogP contribution is -2.23. The molecule has 2 aromatic heterocycles. The van der Waals surface area contributed by atoms with Crippen molar-refractivity contribution < 1.29 is 14.1 Å². The largest absolute Gasteiger partial charge is 0.457 e. The fourth-order valence-electron chi connectivity index (χ4n) is 2.47. The maximum Gasteiger partial charge on any atom is 0.269 e. The second-order valence-electron chi connectivity index (χ2n) is 5.69. The molecule has 28 heavy (non-hydrogen) atoms. The van der Waals surface area contributed by atoms with Gasteiger partial charge in [-0.05, 0) is 36.0 Å². The third-order valence-corrected chi connectivity index (χ3v) is 5.60. The Morgan fingerprint density at radius 1 is 1.25 bits per heavy atom. The molecule has 1 aliphatic rings. The van der Waals surface area contributed by atoms with E-state index in [0.29, 0.717) is 32.3 Å². The summed E-state index contributed by atoms with van der Waals surface area (Å²) < 4.78 is 5.78. The lowest BCUT2D eigenvalue weighted by Gasteiger charge is -2.05. The van der Waals surface area contributed by atoms with E-state index in [0.717, 1.165) is 0 Å². The maximum absolute atomic E-state index is 12.5. The van der Waals surface area contributed by atoms with Gasteiger partial charge in [0.05, 0.1) is 9.83 Å². The number of nitro benzene ring substituents is 1. The van der Waals surface area contributed by atoms with Crippen molar-refractivity contribution >= 4 is 51.1 Å². The molecule has 1 amide bonds. The molecule has 0 bridgehead atoms. The Bertz CT molecular complexity index is 1100. The molecular weight excluding hydrogens is 400 g/mol. The first-order valence-electron chi connectivity index (χ1n) is 8.02. The summed E-state index contributed by atoms with van der Waals surface area (Å²) >= 11 is 2.64. The van der Waals surface area contributed by atoms with Crippen LogP contribution in [0.1, 0.15) is 5.76 Å². The first kappa shape index (κ1) is 18.1. The quantitative estimate of drug-likeness (QED) is 0.354. The molecule has 1 saturated heterocycles. The molecule has 3 heterocycles. The van der Waals surface area contributed by atoms with E-state index >= 15 is 0 Å². The highest BCUT2D eigenvalue weighted by Gasteiger charge is 2.31. The van der Waals surface area contributed by atoms with Gasteiger partial charge in [0.15, 0.2) is 5.17 Å². The van der Waals surface area contributed by atoms with E-state index in [1.807, 2.05) is 5.38 Å². The number of nitro groups is 1. The average Bonchev–Trinajstić information content (AvgIpc) is 3.42. The lowest BCUT2D eigenvalue weighted by molar-refractivity contribution is -0.384. The smallest absolute Gasteiger partial charge is 0.269 e. The van der Waals surface area contributed by atoms with Crippen LogP contribution >= 0.6 is 23.1 Å². The van der Waals surface area contributed by atoms with Crippen LogP contribution in [0.4, 0.5) is 10.8 Å². The summed E-state index contributed by atoms with van der Waals surface area (Å²) in [5.74, 6) is 0.893. The van der Waals surface area contributed by atoms with Crippen molar-refractivity contribution in [3.8, 4) is 11.3 Å². The summed E-state index contributed by atoms with van der Waals surface area (Å²) in [4.78, 5) is 33.2. The summed E-state index contributed by atoms with van der Waals surface area (Å²) in [6.07, 6.45) is 3.31. The van der Waals surface area contributed by atoms with Crippen LogP contribution in [0.3, 0.4) is 0 Å². The fourth-order valence-corrected chi connectivity index (χ4v) is 3.98. The van der Waals surface area contributed by atoms with Gasteiger partial charge >= 0.3 is 0 Å². The van der Waals surface area contributed by atoms with Gasteiger partial charge in [0.1, 0.15) is 11.5 Å². The molecule has 0 radical (unpaired) electrons. The van der Waals surface area contributed by atoms with Crippen molar-refractivity contribution in [1.29, 1.82) is 0 Å². The van der Waals surface area contributed by atoms with E-state index in [4.69, 9.17) is 4.42 Å². The highest BCUT2D eigenvalue weighted by atomic mass is 32.2. The number of amides is 1. The Morgan fingerprint density at radius 2 is 2.04 bits per heavy atom. The van der Waals surface area contributed by atoms with Crippen LogP contribution in [0.25, 0.3) is 17.4 Å². The van der Waals surface area contributed by atoms with Gasteiger partial charge in [0.25, 0.3) is 11.6 Å². The minimum atomic E-state index is -0.452. The Balaban J connectivity index is 1.56. The van der Waals surface area contributed by atoms with E-state index in [-0.39, 0.29) is 11.6 Å². The van der Waals surface area contributed by atoms with E-state index in [1.54, 1.807) is 43.6 Å². The summed E-state index contributed by atoms with van der Waals surface area (Å²) in [7, 11) is 1.66. The van der Waals surface area contributed by atoms with Crippen molar-refractivity contribution in [2.75, 3.05) is 7.05 Å². The van der Waals surface area contributed by atoms with Gasteiger partial charge in [-0.3, -0.25) is 19.8 Å². The number of carbonyl (C=O) groups is 1. The third-order valence-electron chi connectivity index (χ3n) is 3.88.